The molecule has 9 heteroatoms. The molecule has 0 bridgehead atoms. The van der Waals surface area contributed by atoms with Gasteiger partial charge in [-0.25, -0.2) is 17.6 Å². The molecule has 0 unspecified atom stereocenters. The molecule has 3 rings (SSSR count). The highest BCUT2D eigenvalue weighted by Crippen LogP contribution is 2.24. The second-order valence-corrected chi connectivity index (χ2v) is 9.13. The fourth-order valence-electron chi connectivity index (χ4n) is 2.81. The first-order chi connectivity index (χ1) is 15.7. The fourth-order valence-corrected chi connectivity index (χ4v) is 4.00. The van der Waals surface area contributed by atoms with Gasteiger partial charge in [-0.3, -0.25) is 9.10 Å². The van der Waals surface area contributed by atoms with Crippen molar-refractivity contribution in [3.05, 3.63) is 89.7 Å². The van der Waals surface area contributed by atoms with E-state index in [-0.39, 0.29) is 10.5 Å². The number of Topliss-reactive ketones (excluding diaryl/α,β-unsaturated/α-hetero) is 1. The van der Waals surface area contributed by atoms with Gasteiger partial charge in [0, 0.05) is 12.6 Å². The number of halogens is 1. The highest BCUT2D eigenvalue weighted by molar-refractivity contribution is 7.92. The van der Waals surface area contributed by atoms with Gasteiger partial charge in [-0.1, -0.05) is 17.7 Å². The molecule has 0 radical (unpaired) electrons. The zero-order chi connectivity index (χ0) is 24.0. The predicted octanol–water partition coefficient (Wildman–Crippen LogP) is 3.76. The summed E-state index contributed by atoms with van der Waals surface area (Å²) in [6.45, 7) is 0.944. The average molecular weight is 472 g/mol. The van der Waals surface area contributed by atoms with Crippen molar-refractivity contribution in [2.45, 2.75) is 11.8 Å². The molecule has 0 saturated carbocycles. The van der Waals surface area contributed by atoms with Crippen LogP contribution in [-0.4, -0.2) is 40.4 Å². The molecule has 0 saturated heterocycles. The Hall–Kier alpha value is -3.72. The lowest BCUT2D eigenvalue weighted by atomic mass is 10.1. The summed E-state index contributed by atoms with van der Waals surface area (Å²) < 4.78 is 49.8. The molecule has 0 heterocycles. The lowest BCUT2D eigenvalue weighted by Gasteiger charge is -2.20. The van der Waals surface area contributed by atoms with E-state index in [1.54, 1.807) is 36.4 Å². The second-order valence-electron chi connectivity index (χ2n) is 7.16. The highest BCUT2D eigenvalue weighted by Gasteiger charge is 2.21. The van der Waals surface area contributed by atoms with E-state index in [4.69, 9.17) is 9.47 Å². The van der Waals surface area contributed by atoms with E-state index in [1.807, 2.05) is 6.92 Å². The summed E-state index contributed by atoms with van der Waals surface area (Å²) in [6.07, 6.45) is 0. The predicted molar refractivity (Wildman–Crippen MR) is 120 cm³/mol. The number of ketones is 1. The van der Waals surface area contributed by atoms with E-state index in [0.717, 1.165) is 22.0 Å². The summed E-state index contributed by atoms with van der Waals surface area (Å²) in [6, 6.07) is 17.6. The van der Waals surface area contributed by atoms with Crippen molar-refractivity contribution in [2.75, 3.05) is 24.6 Å². The largest absolute Gasteiger partial charge is 0.482 e. The molecule has 3 aromatic carbocycles. The number of nitrogens with zero attached hydrogens (tertiary/aromatic N) is 1. The molecule has 0 aliphatic heterocycles. The van der Waals surface area contributed by atoms with Crippen LogP contribution < -0.4 is 9.04 Å². The van der Waals surface area contributed by atoms with Crippen LogP contribution in [-0.2, 0) is 19.6 Å². The van der Waals surface area contributed by atoms with Gasteiger partial charge in [-0.05, 0) is 67.6 Å². The van der Waals surface area contributed by atoms with E-state index in [9.17, 15) is 22.4 Å². The summed E-state index contributed by atoms with van der Waals surface area (Å²) in [5.41, 5.74) is 1.59. The van der Waals surface area contributed by atoms with Gasteiger partial charge in [0.15, 0.2) is 19.0 Å². The Morgan fingerprint density at radius 2 is 1.48 bits per heavy atom. The van der Waals surface area contributed by atoms with Crippen LogP contribution in [0.5, 0.6) is 5.75 Å². The zero-order valence-electron chi connectivity index (χ0n) is 18.0. The van der Waals surface area contributed by atoms with Crippen LogP contribution in [0.1, 0.15) is 15.9 Å². The van der Waals surface area contributed by atoms with Crippen LogP contribution in [0.3, 0.4) is 0 Å². The standard InChI is InChI=1S/C24H22FNO6S/c1-17-3-13-22(14-4-17)33(29,30)26(2)20-9-11-21(12-10-20)31-16-24(28)32-15-23(27)18-5-7-19(25)8-6-18/h3-14H,15-16H2,1-2H3. The Morgan fingerprint density at radius 3 is 2.09 bits per heavy atom. The Labute approximate surface area is 191 Å². The molecule has 172 valence electrons. The van der Waals surface area contributed by atoms with Crippen molar-refractivity contribution in [3.8, 4) is 5.75 Å². The molecule has 0 aliphatic carbocycles. The molecule has 7 nitrogen and oxygen atoms in total. The summed E-state index contributed by atoms with van der Waals surface area (Å²) >= 11 is 0. The lowest BCUT2D eigenvalue weighted by molar-refractivity contribution is -0.144. The molecule has 0 atom stereocenters. The Bertz CT molecular complexity index is 1220. The van der Waals surface area contributed by atoms with Gasteiger partial charge in [0.1, 0.15) is 11.6 Å². The topological polar surface area (TPSA) is 90.0 Å². The number of esters is 1. The Kier molecular flexibility index (Phi) is 7.44. The maximum Gasteiger partial charge on any atom is 0.344 e. The highest BCUT2D eigenvalue weighted by atomic mass is 32.2. The van der Waals surface area contributed by atoms with Gasteiger partial charge in [-0.15, -0.1) is 0 Å². The molecule has 0 spiro atoms. The maximum atomic E-state index is 12.9. The fraction of sp³-hybridized carbons (Fsp3) is 0.167. The first-order valence-electron chi connectivity index (χ1n) is 9.89. The van der Waals surface area contributed by atoms with E-state index < -0.39 is 40.8 Å². The van der Waals surface area contributed by atoms with Crippen LogP contribution in [0.15, 0.2) is 77.7 Å². The van der Waals surface area contributed by atoms with Gasteiger partial charge < -0.3 is 9.47 Å². The zero-order valence-corrected chi connectivity index (χ0v) is 18.8. The summed E-state index contributed by atoms with van der Waals surface area (Å²) in [5, 5.41) is 0. The number of carbonyl (C=O) groups is 2. The smallest absolute Gasteiger partial charge is 0.344 e. The molecule has 0 N–H and O–H groups in total. The van der Waals surface area contributed by atoms with Crippen LogP contribution in [0, 0.1) is 12.7 Å². The van der Waals surface area contributed by atoms with Crippen molar-refractivity contribution >= 4 is 27.5 Å². The van der Waals surface area contributed by atoms with Crippen LogP contribution in [0.2, 0.25) is 0 Å². The number of carbonyl (C=O) groups excluding carboxylic acids is 2. The molecule has 33 heavy (non-hydrogen) atoms. The summed E-state index contributed by atoms with van der Waals surface area (Å²) in [7, 11) is -2.28. The van der Waals surface area contributed by atoms with E-state index in [2.05, 4.69) is 0 Å². The van der Waals surface area contributed by atoms with Crippen molar-refractivity contribution in [2.24, 2.45) is 0 Å². The van der Waals surface area contributed by atoms with Crippen molar-refractivity contribution in [1.29, 1.82) is 0 Å². The summed E-state index contributed by atoms with van der Waals surface area (Å²) in [5.74, 6) is -1.37. The minimum absolute atomic E-state index is 0.175. The Morgan fingerprint density at radius 1 is 0.879 bits per heavy atom. The third-order valence-electron chi connectivity index (χ3n) is 4.77. The second kappa shape index (κ2) is 10.3. The first-order valence-corrected chi connectivity index (χ1v) is 11.3. The number of hydrogen-bond donors (Lipinski definition) is 0. The number of rotatable bonds is 9. The third-order valence-corrected chi connectivity index (χ3v) is 6.57. The Balaban J connectivity index is 1.52. The molecule has 0 fully saturated rings. The van der Waals surface area contributed by atoms with Gasteiger partial charge in [0.25, 0.3) is 10.0 Å². The van der Waals surface area contributed by atoms with Gasteiger partial charge >= 0.3 is 5.97 Å². The molecule has 3 aromatic rings. The quantitative estimate of drug-likeness (QED) is 0.349. The number of anilines is 1. The number of sulfonamides is 1. The van der Waals surface area contributed by atoms with E-state index in [1.165, 1.54) is 31.3 Å². The molecular formula is C24H22FNO6S. The van der Waals surface area contributed by atoms with E-state index >= 15 is 0 Å². The third kappa shape index (κ3) is 6.17. The number of aryl methyl sites for hydroxylation is 1. The van der Waals surface area contributed by atoms with Crippen LogP contribution in [0.4, 0.5) is 10.1 Å². The van der Waals surface area contributed by atoms with Crippen molar-refractivity contribution in [3.63, 3.8) is 0 Å². The maximum absolute atomic E-state index is 12.9. The van der Waals surface area contributed by atoms with Crippen LogP contribution >= 0.6 is 0 Å². The van der Waals surface area contributed by atoms with Gasteiger partial charge in [0.05, 0.1) is 10.6 Å². The molecule has 0 aromatic heterocycles. The first kappa shape index (κ1) is 23.9. The summed E-state index contributed by atoms with van der Waals surface area (Å²) in [4.78, 5) is 24.0. The number of ether oxygens (including phenoxy) is 2. The van der Waals surface area contributed by atoms with Crippen molar-refractivity contribution < 1.29 is 31.9 Å². The van der Waals surface area contributed by atoms with Gasteiger partial charge in [-0.2, -0.15) is 0 Å². The normalized spacial score (nSPS) is 11.0. The minimum atomic E-state index is -3.72. The van der Waals surface area contributed by atoms with Gasteiger partial charge in [0.2, 0.25) is 0 Å². The van der Waals surface area contributed by atoms with Crippen molar-refractivity contribution in [1.82, 2.24) is 0 Å². The SMILES string of the molecule is Cc1ccc(S(=O)(=O)N(C)c2ccc(OCC(=O)OCC(=O)c3ccc(F)cc3)cc2)cc1. The lowest BCUT2D eigenvalue weighted by Crippen LogP contribution is -2.26. The van der Waals surface area contributed by atoms with E-state index in [0.29, 0.717) is 11.4 Å². The molecule has 0 amide bonds. The minimum Gasteiger partial charge on any atom is -0.482 e. The average Bonchev–Trinajstić information content (AvgIpc) is 2.81. The molecular weight excluding hydrogens is 449 g/mol. The number of benzene rings is 3. The number of hydrogen-bond acceptors (Lipinski definition) is 6. The monoisotopic (exact) mass is 471 g/mol. The van der Waals surface area contributed by atoms with Crippen LogP contribution in [0.25, 0.3) is 0 Å². The molecule has 0 aliphatic rings.